The number of hydrogen-bond donors (Lipinski definition) is 4. The van der Waals surface area contributed by atoms with E-state index in [1.165, 1.54) is 6.92 Å². The summed E-state index contributed by atoms with van der Waals surface area (Å²) in [5.41, 5.74) is -3.29. The van der Waals surface area contributed by atoms with E-state index in [9.17, 15) is 39.0 Å². The largest absolute Gasteiger partial charge is 0.479 e. The van der Waals surface area contributed by atoms with Gasteiger partial charge in [-0.15, -0.1) is 0 Å². The lowest BCUT2D eigenvalue weighted by Crippen LogP contribution is -2.70. The normalized spacial score (nSPS) is 34.6. The monoisotopic (exact) mass is 881 g/mol. The van der Waals surface area contributed by atoms with Crippen LogP contribution in [0, 0.1) is 28.6 Å². The molecule has 0 aromatic heterocycles. The number of benzene rings is 2. The number of nitrogens with one attached hydrogen (secondary N) is 2. The minimum atomic E-state index is -2.26. The number of imide groups is 1. The fourth-order valence-electron chi connectivity index (χ4n) is 11.4. The summed E-state index contributed by atoms with van der Waals surface area (Å²) in [4.78, 5) is 76.1. The summed E-state index contributed by atoms with van der Waals surface area (Å²) in [6.45, 7) is 10.2. The number of carbonyl (C=O) groups excluding carboxylic acids is 5. The van der Waals surface area contributed by atoms with Crippen LogP contribution in [0.25, 0.3) is 0 Å². The molecule has 4 N–H and O–H groups in total. The Kier molecular flexibility index (Phi) is 11.5. The molecular weight excluding hydrogens is 829 g/mol. The summed E-state index contributed by atoms with van der Waals surface area (Å²) in [5.74, 6) is -5.92. The van der Waals surface area contributed by atoms with Crippen LogP contribution < -0.4 is 10.6 Å². The number of ketones is 1. The van der Waals surface area contributed by atoms with Crippen molar-refractivity contribution in [2.24, 2.45) is 28.6 Å². The molecule has 2 aromatic carbocycles. The number of aliphatic hydroxyl groups is 1. The molecule has 0 unspecified atom stereocenters. The average Bonchev–Trinajstić information content (AvgIpc) is 3.87. The van der Waals surface area contributed by atoms with Crippen molar-refractivity contribution >= 4 is 41.1 Å². The van der Waals surface area contributed by atoms with Crippen LogP contribution in [0.4, 0.5) is 14.5 Å². The molecule has 6 aliphatic rings. The molecule has 338 valence electrons. The van der Waals surface area contributed by atoms with Crippen LogP contribution in [-0.2, 0) is 44.7 Å². The van der Waals surface area contributed by atoms with Gasteiger partial charge in [-0.05, 0) is 79.9 Å². The van der Waals surface area contributed by atoms with Crippen molar-refractivity contribution < 1.29 is 57.2 Å². The van der Waals surface area contributed by atoms with Crippen molar-refractivity contribution in [1.29, 1.82) is 0 Å². The van der Waals surface area contributed by atoms with E-state index in [1.54, 1.807) is 63.3 Å². The molecule has 8 rings (SSSR count). The van der Waals surface area contributed by atoms with E-state index in [4.69, 9.17) is 9.47 Å². The van der Waals surface area contributed by atoms with Gasteiger partial charge in [-0.25, -0.2) is 13.6 Å². The lowest BCUT2D eigenvalue weighted by molar-refractivity contribution is -0.240. The van der Waals surface area contributed by atoms with E-state index >= 15 is 8.78 Å². The topological polar surface area (TPSA) is 189 Å². The van der Waals surface area contributed by atoms with Crippen LogP contribution >= 0.6 is 0 Å². The standard InChI is InChI=1S/C49H53F2N3O10/c1-26-15-17-46(4)35(19-26)36(50)23-34-33-24-39-49(45(61)62,47(33,5)25-38(56)48(34,46)51)64-44(63-39)31-11-9-29(10-12-31)21-30-7-6-8-32(22-30)53-43(60)27(2)20-37(55)28(3)52-40(57)16-18-54-41(58)13-14-42(54)59/h6-15,17,19,22,27-28,33-34,36,38-39,44,56H,1,16,18,20-21,23-25H2,2-5H3,(H,52,57)(H,53,60)(H,61,62)/t27-,28+,33+,34+,36+,38+,39-,44-,46+,47+,48+,49+/m1/s1. The number of aliphatic carboxylic acids is 1. The molecule has 64 heavy (non-hydrogen) atoms. The number of carbonyl (C=O) groups is 6. The molecule has 4 aliphatic carbocycles. The SMILES string of the molecule is C=C1C=C[C@@]2(C)C(=C1)[C@@H](F)C[C@H]1[C@@H]3C[C@H]4O[C@@H](c5ccc(Cc6cccc(NC(=O)[C@H](C)CC(=O)[C@H](C)NC(=O)CCN7C(=O)C=CC7=O)c6)cc5)O[C@@]4(C(=O)O)[C@@]3(C)C[C@H](O)[C@@]12F. The van der Waals surface area contributed by atoms with Gasteiger partial charge in [-0.1, -0.05) is 75.1 Å². The number of amides is 4. The number of rotatable bonds is 13. The zero-order chi connectivity index (χ0) is 46.1. The number of allylic oxidation sites excluding steroid dienone is 5. The fourth-order valence-corrected chi connectivity index (χ4v) is 11.4. The third-order valence-electron chi connectivity index (χ3n) is 14.9. The Hall–Kier alpha value is -5.64. The molecular formula is C49H53F2N3O10. The highest BCUT2D eigenvalue weighted by Crippen LogP contribution is 2.72. The van der Waals surface area contributed by atoms with E-state index in [0.29, 0.717) is 23.2 Å². The summed E-state index contributed by atoms with van der Waals surface area (Å²) in [6.07, 6.45) is 1.74. The zero-order valence-corrected chi connectivity index (χ0v) is 36.1. The number of carboxylic acids is 1. The number of alkyl halides is 2. The Morgan fingerprint density at radius 1 is 0.984 bits per heavy atom. The van der Waals surface area contributed by atoms with E-state index in [1.807, 2.05) is 24.3 Å². The van der Waals surface area contributed by atoms with Crippen LogP contribution in [0.1, 0.15) is 82.8 Å². The summed E-state index contributed by atoms with van der Waals surface area (Å²) in [6, 6.07) is 13.6. The third-order valence-corrected chi connectivity index (χ3v) is 14.9. The maximum absolute atomic E-state index is 17.7. The van der Waals surface area contributed by atoms with Crippen LogP contribution in [0.3, 0.4) is 0 Å². The van der Waals surface area contributed by atoms with E-state index in [-0.39, 0.29) is 50.0 Å². The maximum Gasteiger partial charge on any atom is 0.339 e. The lowest BCUT2D eigenvalue weighted by Gasteiger charge is -2.63. The van der Waals surface area contributed by atoms with Gasteiger partial charge < -0.3 is 30.3 Å². The minimum absolute atomic E-state index is 0.112. The predicted molar refractivity (Wildman–Crippen MR) is 228 cm³/mol. The van der Waals surface area contributed by atoms with Crippen LogP contribution in [0.15, 0.2) is 96.6 Å². The lowest BCUT2D eigenvalue weighted by atomic mass is 9.44. The highest BCUT2D eigenvalue weighted by Gasteiger charge is 2.80. The third kappa shape index (κ3) is 7.25. The Balaban J connectivity index is 0.876. The van der Waals surface area contributed by atoms with Crippen molar-refractivity contribution in [2.45, 2.75) is 108 Å². The zero-order valence-electron chi connectivity index (χ0n) is 36.1. The van der Waals surface area contributed by atoms with Crippen molar-refractivity contribution in [1.82, 2.24) is 10.2 Å². The molecule has 0 spiro atoms. The van der Waals surface area contributed by atoms with E-state index in [0.717, 1.165) is 28.2 Å². The molecule has 15 heteroatoms. The number of nitrogens with zero attached hydrogens (tertiary/aromatic N) is 1. The van der Waals surface area contributed by atoms with Gasteiger partial charge in [-0.3, -0.25) is 28.9 Å². The van der Waals surface area contributed by atoms with Gasteiger partial charge in [0.2, 0.25) is 11.8 Å². The van der Waals surface area contributed by atoms with Crippen LogP contribution in [0.5, 0.6) is 0 Å². The number of Topliss-reactive ketones (excluding diaryl/α,β-unsaturated/α-hetero) is 1. The molecule has 0 radical (unpaired) electrons. The molecule has 4 fully saturated rings. The Morgan fingerprint density at radius 2 is 1.69 bits per heavy atom. The molecule has 4 amide bonds. The van der Waals surface area contributed by atoms with E-state index in [2.05, 4.69) is 17.2 Å². The summed E-state index contributed by atoms with van der Waals surface area (Å²) in [7, 11) is 0. The van der Waals surface area contributed by atoms with Crippen LogP contribution in [-0.4, -0.2) is 92.7 Å². The molecule has 12 atom stereocenters. The second-order valence-corrected chi connectivity index (χ2v) is 18.8. The number of fused-ring (bicyclic) bond motifs is 7. The number of ether oxygens (including phenoxy) is 2. The van der Waals surface area contributed by atoms with Gasteiger partial charge in [0.25, 0.3) is 11.8 Å². The van der Waals surface area contributed by atoms with Gasteiger partial charge in [0, 0.05) is 65.5 Å². The van der Waals surface area contributed by atoms with Crippen molar-refractivity contribution in [3.05, 3.63) is 113 Å². The number of aliphatic hydroxyl groups excluding tert-OH is 1. The molecule has 2 heterocycles. The number of halogens is 2. The number of anilines is 1. The Bertz CT molecular complexity index is 2400. The average molecular weight is 882 g/mol. The van der Waals surface area contributed by atoms with Crippen molar-refractivity contribution in [2.75, 3.05) is 11.9 Å². The second-order valence-electron chi connectivity index (χ2n) is 18.8. The van der Waals surface area contributed by atoms with Crippen LogP contribution in [0.2, 0.25) is 0 Å². The highest BCUT2D eigenvalue weighted by atomic mass is 19.1. The van der Waals surface area contributed by atoms with Crippen molar-refractivity contribution in [3.63, 3.8) is 0 Å². The predicted octanol–water partition coefficient (Wildman–Crippen LogP) is 5.78. The molecule has 2 aromatic rings. The minimum Gasteiger partial charge on any atom is -0.479 e. The first kappa shape index (κ1) is 44.9. The first-order chi connectivity index (χ1) is 30.2. The van der Waals surface area contributed by atoms with Gasteiger partial charge in [0.15, 0.2) is 23.3 Å². The van der Waals surface area contributed by atoms with Gasteiger partial charge in [0.1, 0.15) is 12.3 Å². The highest BCUT2D eigenvalue weighted by molar-refractivity contribution is 6.13. The van der Waals surface area contributed by atoms with E-state index < -0.39 is 100 Å². The Labute approximate surface area is 369 Å². The second kappa shape index (κ2) is 16.4. The Morgan fingerprint density at radius 3 is 2.38 bits per heavy atom. The fraction of sp³-hybridized carbons (Fsp3) is 0.469. The first-order valence-electron chi connectivity index (χ1n) is 21.7. The molecule has 0 bridgehead atoms. The van der Waals surface area contributed by atoms with Gasteiger partial charge in [0.05, 0.1) is 12.1 Å². The molecule has 2 aliphatic heterocycles. The molecule has 1 saturated heterocycles. The number of hydrogen-bond acceptors (Lipinski definition) is 9. The summed E-state index contributed by atoms with van der Waals surface area (Å²) in [5, 5.41) is 28.1. The number of carboxylic acid groups (broad SMARTS) is 1. The van der Waals surface area contributed by atoms with Crippen molar-refractivity contribution in [3.8, 4) is 0 Å². The first-order valence-corrected chi connectivity index (χ1v) is 21.7. The molecule has 3 saturated carbocycles. The van der Waals surface area contributed by atoms with Gasteiger partial charge in [-0.2, -0.15) is 0 Å². The quantitative estimate of drug-likeness (QED) is 0.180. The smallest absolute Gasteiger partial charge is 0.339 e. The summed E-state index contributed by atoms with van der Waals surface area (Å²) < 4.78 is 46.6. The maximum atomic E-state index is 17.7. The molecule has 13 nitrogen and oxygen atoms in total. The van der Waals surface area contributed by atoms with Gasteiger partial charge >= 0.3 is 5.97 Å². The summed E-state index contributed by atoms with van der Waals surface area (Å²) >= 11 is 0.